The zero-order valence-electron chi connectivity index (χ0n) is 8.77. The standard InChI is InChI=1S/C11H14N2O2/c1-15-10-8-9(4-5-12-10)11(14)13-6-2-3-7-13/h4-5,8H,2-3,6-7H2,1H3. The van der Waals surface area contributed by atoms with E-state index in [1.165, 1.54) is 0 Å². The SMILES string of the molecule is COc1cc(C(=O)N2CCCC2)ccn1. The molecule has 0 saturated carbocycles. The van der Waals surface area contributed by atoms with E-state index in [-0.39, 0.29) is 5.91 Å². The molecule has 1 saturated heterocycles. The minimum Gasteiger partial charge on any atom is -0.481 e. The van der Waals surface area contributed by atoms with Crippen LogP contribution in [0.25, 0.3) is 0 Å². The van der Waals surface area contributed by atoms with E-state index in [0.717, 1.165) is 25.9 Å². The number of hydrogen-bond acceptors (Lipinski definition) is 3. The third-order valence-corrected chi connectivity index (χ3v) is 2.58. The molecule has 0 N–H and O–H groups in total. The molecule has 0 bridgehead atoms. The molecule has 0 spiro atoms. The summed E-state index contributed by atoms with van der Waals surface area (Å²) < 4.78 is 4.99. The maximum atomic E-state index is 12.0. The summed E-state index contributed by atoms with van der Waals surface area (Å²) in [4.78, 5) is 17.8. The number of methoxy groups -OCH3 is 1. The van der Waals surface area contributed by atoms with E-state index in [0.29, 0.717) is 11.4 Å². The summed E-state index contributed by atoms with van der Waals surface area (Å²) in [6.07, 6.45) is 3.81. The van der Waals surface area contributed by atoms with E-state index in [1.54, 1.807) is 25.4 Å². The van der Waals surface area contributed by atoms with E-state index in [4.69, 9.17) is 4.74 Å². The van der Waals surface area contributed by atoms with Gasteiger partial charge in [-0.15, -0.1) is 0 Å². The Hall–Kier alpha value is -1.58. The average molecular weight is 206 g/mol. The van der Waals surface area contributed by atoms with Crippen molar-refractivity contribution < 1.29 is 9.53 Å². The molecule has 4 heteroatoms. The van der Waals surface area contributed by atoms with Crippen LogP contribution in [0.2, 0.25) is 0 Å². The fraction of sp³-hybridized carbons (Fsp3) is 0.455. The number of aromatic nitrogens is 1. The van der Waals surface area contributed by atoms with Crippen molar-refractivity contribution in [2.24, 2.45) is 0 Å². The predicted octanol–water partition coefficient (Wildman–Crippen LogP) is 1.33. The highest BCUT2D eigenvalue weighted by atomic mass is 16.5. The van der Waals surface area contributed by atoms with Gasteiger partial charge in [-0.05, 0) is 18.9 Å². The van der Waals surface area contributed by atoms with Crippen LogP contribution in [0.15, 0.2) is 18.3 Å². The van der Waals surface area contributed by atoms with Gasteiger partial charge in [0.1, 0.15) is 0 Å². The monoisotopic (exact) mass is 206 g/mol. The molecule has 1 aromatic rings. The zero-order chi connectivity index (χ0) is 10.7. The van der Waals surface area contributed by atoms with Gasteiger partial charge in [-0.3, -0.25) is 4.79 Å². The Labute approximate surface area is 88.9 Å². The van der Waals surface area contributed by atoms with Crippen LogP contribution in [0.1, 0.15) is 23.2 Å². The Balaban J connectivity index is 2.17. The minimum absolute atomic E-state index is 0.0770. The Kier molecular flexibility index (Phi) is 2.85. The molecule has 4 nitrogen and oxygen atoms in total. The van der Waals surface area contributed by atoms with Gasteiger partial charge in [0.15, 0.2) is 0 Å². The molecule has 0 radical (unpaired) electrons. The third kappa shape index (κ3) is 2.09. The van der Waals surface area contributed by atoms with Gasteiger partial charge in [-0.2, -0.15) is 0 Å². The van der Waals surface area contributed by atoms with Crippen molar-refractivity contribution in [2.45, 2.75) is 12.8 Å². The quantitative estimate of drug-likeness (QED) is 0.733. The summed E-state index contributed by atoms with van der Waals surface area (Å²) in [6, 6.07) is 3.41. The van der Waals surface area contributed by atoms with E-state index in [1.807, 2.05) is 4.90 Å². The lowest BCUT2D eigenvalue weighted by Crippen LogP contribution is -2.27. The summed E-state index contributed by atoms with van der Waals surface area (Å²) in [5.74, 6) is 0.563. The van der Waals surface area contributed by atoms with E-state index in [2.05, 4.69) is 4.98 Å². The maximum absolute atomic E-state index is 12.0. The Morgan fingerprint density at radius 3 is 2.87 bits per heavy atom. The highest BCUT2D eigenvalue weighted by molar-refractivity contribution is 5.94. The Morgan fingerprint density at radius 2 is 2.20 bits per heavy atom. The lowest BCUT2D eigenvalue weighted by Gasteiger charge is -2.15. The molecule has 15 heavy (non-hydrogen) atoms. The van der Waals surface area contributed by atoms with Crippen LogP contribution in [0, 0.1) is 0 Å². The topological polar surface area (TPSA) is 42.4 Å². The third-order valence-electron chi connectivity index (χ3n) is 2.58. The summed E-state index contributed by atoms with van der Waals surface area (Å²) in [7, 11) is 1.55. The zero-order valence-corrected chi connectivity index (χ0v) is 8.77. The minimum atomic E-state index is 0.0770. The molecule has 1 fully saturated rings. The highest BCUT2D eigenvalue weighted by Crippen LogP contribution is 2.15. The summed E-state index contributed by atoms with van der Waals surface area (Å²) >= 11 is 0. The Morgan fingerprint density at radius 1 is 1.47 bits per heavy atom. The maximum Gasteiger partial charge on any atom is 0.254 e. The normalized spacial score (nSPS) is 15.4. The molecule has 0 unspecified atom stereocenters. The molecular formula is C11H14N2O2. The molecule has 0 aliphatic carbocycles. The van der Waals surface area contributed by atoms with Gasteiger partial charge < -0.3 is 9.64 Å². The second-order valence-electron chi connectivity index (χ2n) is 3.59. The van der Waals surface area contributed by atoms with Gasteiger partial charge in [0.2, 0.25) is 5.88 Å². The molecule has 80 valence electrons. The van der Waals surface area contributed by atoms with Crippen LogP contribution < -0.4 is 4.74 Å². The van der Waals surface area contributed by atoms with E-state index < -0.39 is 0 Å². The molecular weight excluding hydrogens is 192 g/mol. The fourth-order valence-electron chi connectivity index (χ4n) is 1.76. The number of nitrogens with zero attached hydrogens (tertiary/aromatic N) is 2. The summed E-state index contributed by atoms with van der Waals surface area (Å²) in [5.41, 5.74) is 0.656. The van der Waals surface area contributed by atoms with Crippen molar-refractivity contribution in [3.05, 3.63) is 23.9 Å². The molecule has 1 aliphatic rings. The lowest BCUT2D eigenvalue weighted by atomic mass is 10.2. The van der Waals surface area contributed by atoms with Gasteiger partial charge in [-0.1, -0.05) is 0 Å². The summed E-state index contributed by atoms with van der Waals surface area (Å²) in [6.45, 7) is 1.73. The van der Waals surface area contributed by atoms with Crippen LogP contribution in [0.4, 0.5) is 0 Å². The van der Waals surface area contributed by atoms with E-state index in [9.17, 15) is 4.79 Å². The van der Waals surface area contributed by atoms with E-state index >= 15 is 0 Å². The van der Waals surface area contributed by atoms with Crippen LogP contribution in [-0.2, 0) is 0 Å². The number of rotatable bonds is 2. The van der Waals surface area contributed by atoms with Crippen molar-refractivity contribution in [1.29, 1.82) is 0 Å². The number of carbonyl (C=O) groups is 1. The number of amides is 1. The average Bonchev–Trinajstić information content (AvgIpc) is 2.81. The first-order chi connectivity index (χ1) is 7.31. The number of pyridine rings is 1. The number of carbonyl (C=O) groups excluding carboxylic acids is 1. The van der Waals surface area contributed by atoms with Crippen molar-refractivity contribution in [1.82, 2.24) is 9.88 Å². The predicted molar refractivity (Wildman–Crippen MR) is 55.9 cm³/mol. The highest BCUT2D eigenvalue weighted by Gasteiger charge is 2.19. The first-order valence-corrected chi connectivity index (χ1v) is 5.10. The molecule has 2 rings (SSSR count). The molecule has 2 heterocycles. The van der Waals surface area contributed by atoms with Crippen LogP contribution in [-0.4, -0.2) is 36.0 Å². The van der Waals surface area contributed by atoms with Crippen molar-refractivity contribution in [3.63, 3.8) is 0 Å². The largest absolute Gasteiger partial charge is 0.481 e. The first-order valence-electron chi connectivity index (χ1n) is 5.10. The van der Waals surface area contributed by atoms with Gasteiger partial charge in [0, 0.05) is 30.9 Å². The van der Waals surface area contributed by atoms with Crippen molar-refractivity contribution in [3.8, 4) is 5.88 Å². The molecule has 0 atom stereocenters. The second-order valence-corrected chi connectivity index (χ2v) is 3.59. The smallest absolute Gasteiger partial charge is 0.254 e. The second kappa shape index (κ2) is 4.29. The molecule has 0 aromatic carbocycles. The van der Waals surface area contributed by atoms with Crippen molar-refractivity contribution in [2.75, 3.05) is 20.2 Å². The Bertz CT molecular complexity index is 359. The van der Waals surface area contributed by atoms with Gasteiger partial charge in [0.05, 0.1) is 7.11 Å². The van der Waals surface area contributed by atoms with Crippen LogP contribution in [0.3, 0.4) is 0 Å². The molecule has 1 aliphatic heterocycles. The number of likely N-dealkylation sites (tertiary alicyclic amines) is 1. The molecule has 1 amide bonds. The fourth-order valence-corrected chi connectivity index (χ4v) is 1.76. The van der Waals surface area contributed by atoms with Gasteiger partial charge >= 0.3 is 0 Å². The van der Waals surface area contributed by atoms with Crippen molar-refractivity contribution >= 4 is 5.91 Å². The summed E-state index contributed by atoms with van der Waals surface area (Å²) in [5, 5.41) is 0. The number of ether oxygens (including phenoxy) is 1. The first kappa shape index (κ1) is 9.96. The lowest BCUT2D eigenvalue weighted by molar-refractivity contribution is 0.0792. The number of hydrogen-bond donors (Lipinski definition) is 0. The van der Waals surface area contributed by atoms with Gasteiger partial charge in [0.25, 0.3) is 5.91 Å². The van der Waals surface area contributed by atoms with Gasteiger partial charge in [-0.25, -0.2) is 4.98 Å². The van der Waals surface area contributed by atoms with Crippen LogP contribution >= 0.6 is 0 Å². The van der Waals surface area contributed by atoms with Crippen LogP contribution in [0.5, 0.6) is 5.88 Å². The molecule has 1 aromatic heterocycles.